The van der Waals surface area contributed by atoms with E-state index in [0.29, 0.717) is 6.42 Å². The molecule has 6 heteroatoms. The zero-order chi connectivity index (χ0) is 18.8. The Morgan fingerprint density at radius 2 is 1.92 bits per heavy atom. The quantitative estimate of drug-likeness (QED) is 0.743. The first-order valence-corrected chi connectivity index (χ1v) is 9.48. The molecule has 3 aromatic rings. The molecule has 26 heavy (non-hydrogen) atoms. The van der Waals surface area contributed by atoms with Crippen LogP contribution in [-0.4, -0.2) is 20.7 Å². The Hall–Kier alpha value is -2.47. The standard InChI is InChI=1S/C20H24N4OS/c1-12-6-8-16(9-7-12)20-18(26-15(4)23-20)10-19(25)22-13(2)17-11-21-24(5)14(17)3/h6-9,11,13H,10H2,1-5H3,(H,22,25). The van der Waals surface area contributed by atoms with Crippen LogP contribution in [0, 0.1) is 20.8 Å². The molecule has 0 radical (unpaired) electrons. The molecule has 1 unspecified atom stereocenters. The van der Waals surface area contributed by atoms with Crippen LogP contribution in [0.25, 0.3) is 11.3 Å². The van der Waals surface area contributed by atoms with Crippen molar-refractivity contribution in [2.24, 2.45) is 7.05 Å². The summed E-state index contributed by atoms with van der Waals surface area (Å²) in [5, 5.41) is 8.30. The number of hydrogen-bond acceptors (Lipinski definition) is 4. The van der Waals surface area contributed by atoms with Crippen molar-refractivity contribution in [2.45, 2.75) is 40.2 Å². The van der Waals surface area contributed by atoms with Crippen LogP contribution >= 0.6 is 11.3 Å². The van der Waals surface area contributed by atoms with Crippen molar-refractivity contribution in [1.29, 1.82) is 0 Å². The molecule has 3 rings (SSSR count). The highest BCUT2D eigenvalue weighted by Crippen LogP contribution is 2.29. The second-order valence-electron chi connectivity index (χ2n) is 6.65. The molecule has 1 aromatic carbocycles. The molecular weight excluding hydrogens is 344 g/mol. The van der Waals surface area contributed by atoms with Gasteiger partial charge in [0, 0.05) is 28.7 Å². The summed E-state index contributed by atoms with van der Waals surface area (Å²) in [6.07, 6.45) is 2.15. The van der Waals surface area contributed by atoms with E-state index >= 15 is 0 Å². The van der Waals surface area contributed by atoms with E-state index in [-0.39, 0.29) is 11.9 Å². The highest BCUT2D eigenvalue weighted by Gasteiger charge is 2.18. The molecule has 1 amide bonds. The summed E-state index contributed by atoms with van der Waals surface area (Å²) in [7, 11) is 1.90. The molecule has 0 saturated carbocycles. The second kappa shape index (κ2) is 7.41. The Bertz CT molecular complexity index is 924. The SMILES string of the molecule is Cc1ccc(-c2nc(C)sc2CC(=O)NC(C)c2cnn(C)c2C)cc1. The number of hydrogen-bond donors (Lipinski definition) is 1. The summed E-state index contributed by atoms with van der Waals surface area (Å²) in [4.78, 5) is 18.2. The smallest absolute Gasteiger partial charge is 0.225 e. The third kappa shape index (κ3) is 3.85. The van der Waals surface area contributed by atoms with Gasteiger partial charge in [-0.3, -0.25) is 9.48 Å². The summed E-state index contributed by atoms with van der Waals surface area (Å²) in [5.41, 5.74) is 5.28. The summed E-state index contributed by atoms with van der Waals surface area (Å²) in [5.74, 6) is -0.00207. The van der Waals surface area contributed by atoms with E-state index in [2.05, 4.69) is 46.6 Å². The van der Waals surface area contributed by atoms with Gasteiger partial charge in [-0.25, -0.2) is 4.98 Å². The van der Waals surface area contributed by atoms with Gasteiger partial charge in [0.15, 0.2) is 0 Å². The lowest BCUT2D eigenvalue weighted by atomic mass is 10.1. The van der Waals surface area contributed by atoms with Gasteiger partial charge < -0.3 is 5.32 Å². The van der Waals surface area contributed by atoms with E-state index < -0.39 is 0 Å². The molecule has 1 N–H and O–H groups in total. The fourth-order valence-electron chi connectivity index (χ4n) is 2.98. The number of aromatic nitrogens is 3. The average molecular weight is 369 g/mol. The number of carbonyl (C=O) groups is 1. The lowest BCUT2D eigenvalue weighted by molar-refractivity contribution is -0.121. The van der Waals surface area contributed by atoms with Crippen molar-refractivity contribution < 1.29 is 4.79 Å². The third-order valence-corrected chi connectivity index (χ3v) is 5.54. The van der Waals surface area contributed by atoms with E-state index in [9.17, 15) is 4.79 Å². The van der Waals surface area contributed by atoms with Gasteiger partial charge in [0.2, 0.25) is 5.91 Å². The van der Waals surface area contributed by atoms with Gasteiger partial charge in [0.25, 0.3) is 0 Å². The lowest BCUT2D eigenvalue weighted by Gasteiger charge is -2.13. The van der Waals surface area contributed by atoms with Crippen LogP contribution < -0.4 is 5.32 Å². The monoisotopic (exact) mass is 368 g/mol. The average Bonchev–Trinajstić information content (AvgIpc) is 3.11. The molecule has 5 nitrogen and oxygen atoms in total. The van der Waals surface area contributed by atoms with Crippen molar-refractivity contribution in [3.8, 4) is 11.3 Å². The Kier molecular flexibility index (Phi) is 5.23. The first kappa shape index (κ1) is 18.3. The molecule has 1 atom stereocenters. The molecule has 136 valence electrons. The largest absolute Gasteiger partial charge is 0.349 e. The maximum Gasteiger partial charge on any atom is 0.225 e. The van der Waals surface area contributed by atoms with Gasteiger partial charge in [-0.2, -0.15) is 5.10 Å². The van der Waals surface area contributed by atoms with E-state index in [1.807, 2.05) is 38.7 Å². The highest BCUT2D eigenvalue weighted by atomic mass is 32.1. The van der Waals surface area contributed by atoms with Crippen LogP contribution in [0.15, 0.2) is 30.5 Å². The number of nitrogens with one attached hydrogen (secondary N) is 1. The Morgan fingerprint density at radius 3 is 2.54 bits per heavy atom. The molecule has 0 aliphatic rings. The van der Waals surface area contributed by atoms with Crippen LogP contribution in [0.5, 0.6) is 0 Å². The molecule has 2 heterocycles. The van der Waals surface area contributed by atoms with Crippen molar-refractivity contribution in [3.63, 3.8) is 0 Å². The minimum atomic E-state index is -0.0759. The number of rotatable bonds is 5. The number of amides is 1. The highest BCUT2D eigenvalue weighted by molar-refractivity contribution is 7.12. The first-order valence-electron chi connectivity index (χ1n) is 8.66. The number of aryl methyl sites for hydroxylation is 3. The van der Waals surface area contributed by atoms with E-state index in [0.717, 1.165) is 32.4 Å². The van der Waals surface area contributed by atoms with Crippen molar-refractivity contribution in [1.82, 2.24) is 20.1 Å². The van der Waals surface area contributed by atoms with E-state index in [4.69, 9.17) is 0 Å². The number of benzene rings is 1. The van der Waals surface area contributed by atoms with Crippen LogP contribution in [0.2, 0.25) is 0 Å². The minimum absolute atomic E-state index is 0.00207. The fraction of sp³-hybridized carbons (Fsp3) is 0.350. The topological polar surface area (TPSA) is 59.8 Å². The normalized spacial score (nSPS) is 12.2. The Balaban J connectivity index is 1.75. The van der Waals surface area contributed by atoms with Gasteiger partial charge in [0.05, 0.1) is 29.4 Å². The molecule has 2 aromatic heterocycles. The van der Waals surface area contributed by atoms with Crippen molar-refractivity contribution >= 4 is 17.2 Å². The maximum absolute atomic E-state index is 12.6. The Labute approximate surface area is 158 Å². The predicted molar refractivity (Wildman–Crippen MR) is 105 cm³/mol. The number of thiazole rings is 1. The summed E-state index contributed by atoms with van der Waals surface area (Å²) < 4.78 is 1.82. The molecule has 0 aliphatic carbocycles. The summed E-state index contributed by atoms with van der Waals surface area (Å²) in [6, 6.07) is 8.19. The molecular formula is C20H24N4OS. The Morgan fingerprint density at radius 1 is 1.23 bits per heavy atom. The predicted octanol–water partition coefficient (Wildman–Crippen LogP) is 3.89. The van der Waals surface area contributed by atoms with Gasteiger partial charge in [-0.1, -0.05) is 29.8 Å². The summed E-state index contributed by atoms with van der Waals surface area (Å²) in [6.45, 7) is 8.03. The number of carbonyl (C=O) groups excluding carboxylic acids is 1. The second-order valence-corrected chi connectivity index (χ2v) is 7.93. The minimum Gasteiger partial charge on any atom is -0.349 e. The maximum atomic E-state index is 12.6. The molecule has 0 saturated heterocycles. The van der Waals surface area contributed by atoms with Gasteiger partial charge in [-0.15, -0.1) is 11.3 Å². The van der Waals surface area contributed by atoms with Crippen molar-refractivity contribution in [3.05, 3.63) is 57.2 Å². The van der Waals surface area contributed by atoms with Gasteiger partial charge >= 0.3 is 0 Å². The molecule has 0 spiro atoms. The molecule has 0 aliphatic heterocycles. The zero-order valence-corrected chi connectivity index (χ0v) is 16.6. The van der Waals surface area contributed by atoms with Crippen molar-refractivity contribution in [2.75, 3.05) is 0 Å². The molecule has 0 bridgehead atoms. The van der Waals surface area contributed by atoms with Crippen LogP contribution in [0.1, 0.15) is 39.7 Å². The summed E-state index contributed by atoms with van der Waals surface area (Å²) >= 11 is 1.58. The van der Waals surface area contributed by atoms with E-state index in [1.54, 1.807) is 11.3 Å². The lowest BCUT2D eigenvalue weighted by Crippen LogP contribution is -2.28. The van der Waals surface area contributed by atoms with Crippen LogP contribution in [-0.2, 0) is 18.3 Å². The van der Waals surface area contributed by atoms with Gasteiger partial charge in [-0.05, 0) is 27.7 Å². The molecule has 0 fully saturated rings. The van der Waals surface area contributed by atoms with Crippen LogP contribution in [0.3, 0.4) is 0 Å². The fourth-order valence-corrected chi connectivity index (χ4v) is 3.94. The van der Waals surface area contributed by atoms with E-state index in [1.165, 1.54) is 5.56 Å². The zero-order valence-electron chi connectivity index (χ0n) is 15.8. The third-order valence-electron chi connectivity index (χ3n) is 4.57. The number of nitrogens with zero attached hydrogens (tertiary/aromatic N) is 3. The van der Waals surface area contributed by atoms with Gasteiger partial charge in [0.1, 0.15) is 0 Å². The first-order chi connectivity index (χ1) is 12.3. The van der Waals surface area contributed by atoms with Crippen LogP contribution in [0.4, 0.5) is 0 Å².